The Balaban J connectivity index is 1.23. The topological polar surface area (TPSA) is 121 Å². The molecule has 1 amide bonds. The molecule has 220 valence electrons. The van der Waals surface area contributed by atoms with E-state index >= 15 is 4.39 Å². The van der Waals surface area contributed by atoms with Crippen LogP contribution < -0.4 is 10.1 Å². The Labute approximate surface area is 242 Å². The number of benzene rings is 1. The first-order valence-corrected chi connectivity index (χ1v) is 13.6. The van der Waals surface area contributed by atoms with Crippen LogP contribution in [0.15, 0.2) is 36.8 Å². The van der Waals surface area contributed by atoms with Crippen molar-refractivity contribution < 1.29 is 23.4 Å². The molecule has 2 aliphatic heterocycles. The molecular weight excluding hydrogens is 543 g/mol. The predicted molar refractivity (Wildman–Crippen MR) is 149 cm³/mol. The fourth-order valence-corrected chi connectivity index (χ4v) is 5.78. The van der Waals surface area contributed by atoms with Gasteiger partial charge < -0.3 is 24.4 Å². The van der Waals surface area contributed by atoms with Crippen LogP contribution in [0.5, 0.6) is 5.75 Å². The molecule has 42 heavy (non-hydrogen) atoms. The average molecular weight is 577 g/mol. The maximum Gasteiger partial charge on any atom is 0.255 e. The number of carbonyl (C=O) groups excluding carboxylic acids is 1. The number of halogens is 1. The molecule has 12 nitrogen and oxygen atoms in total. The number of rotatable bonds is 9. The Bertz CT molecular complexity index is 1630. The zero-order valence-corrected chi connectivity index (χ0v) is 24.1. The second-order valence-corrected chi connectivity index (χ2v) is 11.0. The van der Waals surface area contributed by atoms with E-state index < -0.39 is 11.7 Å². The Morgan fingerprint density at radius 3 is 2.76 bits per heavy atom. The number of amides is 1. The number of likely N-dealkylation sites (N-methyl/N-ethyl adjacent to an activating group) is 1. The lowest BCUT2D eigenvalue weighted by Crippen LogP contribution is -2.57. The standard InChI is InChI=1S/C29H33FN8O4/c1-18-10-38(35-33-18)24-5-6-25(41-4)26(30)21(24)9-32-28(39)22-13-37(34-23(22)14-40-3)11-19-7-20-12-36(2)15-29(16-42-17-29)27(20)31-8-19/h5-8,10,13H,9,11-12,14-17H2,1-4H3,(H,32,39). The van der Waals surface area contributed by atoms with Gasteiger partial charge in [0.05, 0.1) is 67.7 Å². The molecule has 1 spiro atoms. The molecular formula is C29H33FN8O4. The quantitative estimate of drug-likeness (QED) is 0.320. The van der Waals surface area contributed by atoms with Crippen LogP contribution in [-0.4, -0.2) is 81.6 Å². The molecule has 1 N–H and O–H groups in total. The fourth-order valence-electron chi connectivity index (χ4n) is 5.78. The number of pyridine rings is 1. The number of aromatic nitrogens is 6. The third-order valence-corrected chi connectivity index (χ3v) is 7.69. The molecule has 1 fully saturated rings. The third-order valence-electron chi connectivity index (χ3n) is 7.69. The van der Waals surface area contributed by atoms with E-state index in [1.807, 2.05) is 6.20 Å². The Morgan fingerprint density at radius 2 is 2.07 bits per heavy atom. The van der Waals surface area contributed by atoms with Gasteiger partial charge in [-0.1, -0.05) is 5.21 Å². The van der Waals surface area contributed by atoms with Gasteiger partial charge in [-0.2, -0.15) is 5.10 Å². The number of hydrogen-bond acceptors (Lipinski definition) is 9. The van der Waals surface area contributed by atoms with E-state index in [2.05, 4.69) is 38.7 Å². The zero-order chi connectivity index (χ0) is 29.4. The van der Waals surface area contributed by atoms with E-state index in [9.17, 15) is 4.79 Å². The van der Waals surface area contributed by atoms with Crippen molar-refractivity contribution in [2.24, 2.45) is 0 Å². The zero-order valence-electron chi connectivity index (χ0n) is 24.1. The van der Waals surface area contributed by atoms with Gasteiger partial charge in [-0.25, -0.2) is 9.07 Å². The van der Waals surface area contributed by atoms with Crippen LogP contribution in [0.2, 0.25) is 0 Å². The molecule has 1 saturated heterocycles. The van der Waals surface area contributed by atoms with Crippen LogP contribution in [0.4, 0.5) is 4.39 Å². The average Bonchev–Trinajstić information content (AvgIpc) is 3.56. The van der Waals surface area contributed by atoms with Crippen LogP contribution in [0, 0.1) is 12.7 Å². The lowest BCUT2D eigenvalue weighted by molar-refractivity contribution is -0.0812. The summed E-state index contributed by atoms with van der Waals surface area (Å²) in [7, 11) is 5.04. The second-order valence-electron chi connectivity index (χ2n) is 11.0. The molecule has 0 saturated carbocycles. The fraction of sp³-hybridized carbons (Fsp3) is 0.414. The lowest BCUT2D eigenvalue weighted by atomic mass is 9.77. The molecule has 4 aromatic rings. The second kappa shape index (κ2) is 11.2. The third kappa shape index (κ3) is 5.14. The minimum Gasteiger partial charge on any atom is -0.494 e. The summed E-state index contributed by atoms with van der Waals surface area (Å²) in [6, 6.07) is 5.35. The summed E-state index contributed by atoms with van der Waals surface area (Å²) in [6.45, 7) is 5.38. The number of fused-ring (bicyclic) bond motifs is 2. The molecule has 2 aliphatic rings. The number of methoxy groups -OCH3 is 2. The number of hydrogen-bond donors (Lipinski definition) is 1. The highest BCUT2D eigenvalue weighted by molar-refractivity contribution is 5.95. The van der Waals surface area contributed by atoms with E-state index in [4.69, 9.17) is 19.2 Å². The van der Waals surface area contributed by atoms with E-state index in [1.165, 1.54) is 23.4 Å². The first kappa shape index (κ1) is 27.9. The minimum absolute atomic E-state index is 0.0294. The number of aryl methyl sites for hydroxylation is 1. The smallest absolute Gasteiger partial charge is 0.255 e. The van der Waals surface area contributed by atoms with Crippen molar-refractivity contribution in [1.82, 2.24) is 40.0 Å². The molecule has 1 aromatic carbocycles. The van der Waals surface area contributed by atoms with Gasteiger partial charge in [0.2, 0.25) is 0 Å². The van der Waals surface area contributed by atoms with Gasteiger partial charge in [0, 0.05) is 44.7 Å². The molecule has 5 heterocycles. The molecule has 0 atom stereocenters. The van der Waals surface area contributed by atoms with Crippen molar-refractivity contribution in [1.29, 1.82) is 0 Å². The van der Waals surface area contributed by atoms with E-state index in [0.717, 1.165) is 24.3 Å². The molecule has 0 aliphatic carbocycles. The van der Waals surface area contributed by atoms with Gasteiger partial charge >= 0.3 is 0 Å². The van der Waals surface area contributed by atoms with Gasteiger partial charge in [0.1, 0.15) is 5.69 Å². The highest BCUT2D eigenvalue weighted by Gasteiger charge is 2.46. The first-order chi connectivity index (χ1) is 20.3. The van der Waals surface area contributed by atoms with Crippen molar-refractivity contribution in [3.05, 3.63) is 81.9 Å². The summed E-state index contributed by atoms with van der Waals surface area (Å²) in [6.07, 6.45) is 5.24. The molecule has 0 bridgehead atoms. The summed E-state index contributed by atoms with van der Waals surface area (Å²) in [4.78, 5) is 20.5. The number of nitrogens with zero attached hydrogens (tertiary/aromatic N) is 7. The number of nitrogens with one attached hydrogen (secondary N) is 1. The van der Waals surface area contributed by atoms with Gasteiger partial charge in [0.15, 0.2) is 11.6 Å². The van der Waals surface area contributed by atoms with Crippen LogP contribution in [-0.2, 0) is 41.1 Å². The largest absolute Gasteiger partial charge is 0.494 e. The van der Waals surface area contributed by atoms with Crippen molar-refractivity contribution in [3.8, 4) is 11.4 Å². The predicted octanol–water partition coefficient (Wildman–Crippen LogP) is 2.15. The Kier molecular flexibility index (Phi) is 7.47. The van der Waals surface area contributed by atoms with Crippen molar-refractivity contribution in [2.45, 2.75) is 38.6 Å². The normalized spacial score (nSPS) is 15.8. The van der Waals surface area contributed by atoms with Gasteiger partial charge in [-0.3, -0.25) is 14.5 Å². The van der Waals surface area contributed by atoms with Crippen molar-refractivity contribution in [2.75, 3.05) is 41.0 Å². The van der Waals surface area contributed by atoms with E-state index in [-0.39, 0.29) is 29.9 Å². The maximum absolute atomic E-state index is 15.4. The molecule has 6 rings (SSSR count). The van der Waals surface area contributed by atoms with Gasteiger partial charge in [0.25, 0.3) is 5.91 Å². The van der Waals surface area contributed by atoms with Crippen molar-refractivity contribution >= 4 is 5.91 Å². The summed E-state index contributed by atoms with van der Waals surface area (Å²) in [5.74, 6) is -0.932. The molecule has 0 radical (unpaired) electrons. The summed E-state index contributed by atoms with van der Waals surface area (Å²) < 4.78 is 34.6. The van der Waals surface area contributed by atoms with E-state index in [1.54, 1.807) is 37.2 Å². The van der Waals surface area contributed by atoms with Crippen molar-refractivity contribution in [3.63, 3.8) is 0 Å². The first-order valence-electron chi connectivity index (χ1n) is 13.6. The van der Waals surface area contributed by atoms with E-state index in [0.29, 0.717) is 42.4 Å². The molecule has 3 aromatic heterocycles. The maximum atomic E-state index is 15.4. The monoisotopic (exact) mass is 576 g/mol. The molecule has 0 unspecified atom stereocenters. The van der Waals surface area contributed by atoms with Crippen LogP contribution in [0.3, 0.4) is 0 Å². The Morgan fingerprint density at radius 1 is 1.24 bits per heavy atom. The number of ether oxygens (including phenoxy) is 3. The Hall–Kier alpha value is -4.20. The van der Waals surface area contributed by atoms with Crippen LogP contribution in [0.1, 0.15) is 44.1 Å². The number of carbonyl (C=O) groups is 1. The van der Waals surface area contributed by atoms with Crippen LogP contribution >= 0.6 is 0 Å². The lowest BCUT2D eigenvalue weighted by Gasteiger charge is -2.47. The highest BCUT2D eigenvalue weighted by atomic mass is 19.1. The minimum atomic E-state index is -0.586. The SMILES string of the molecule is COCc1nn(Cc2cnc3c(c2)CN(C)CC32COC2)cc1C(=O)NCc1c(-n2cc(C)nn2)ccc(OC)c1F. The van der Waals surface area contributed by atoms with Gasteiger partial charge in [-0.05, 0) is 43.3 Å². The van der Waals surface area contributed by atoms with Gasteiger partial charge in [-0.15, -0.1) is 5.10 Å². The summed E-state index contributed by atoms with van der Waals surface area (Å²) in [5, 5.41) is 15.5. The summed E-state index contributed by atoms with van der Waals surface area (Å²) >= 11 is 0. The molecule has 13 heteroatoms. The van der Waals surface area contributed by atoms with Crippen LogP contribution in [0.25, 0.3) is 5.69 Å². The highest BCUT2D eigenvalue weighted by Crippen LogP contribution is 2.38. The summed E-state index contributed by atoms with van der Waals surface area (Å²) in [5.41, 5.74) is 5.40.